The van der Waals surface area contributed by atoms with Crippen LogP contribution in [0.15, 0.2) is 71.4 Å². The molecule has 0 saturated heterocycles. The molecule has 9 heteroatoms. The van der Waals surface area contributed by atoms with Gasteiger partial charge in [-0.3, -0.25) is 14.4 Å². The first kappa shape index (κ1) is 28.6. The van der Waals surface area contributed by atoms with Crippen LogP contribution in [0.4, 0.5) is 17.1 Å². The highest BCUT2D eigenvalue weighted by Gasteiger charge is 2.39. The van der Waals surface area contributed by atoms with Gasteiger partial charge in [0.1, 0.15) is 10.7 Å². The zero-order valence-electron chi connectivity index (χ0n) is 22.8. The van der Waals surface area contributed by atoms with E-state index in [4.69, 9.17) is 16.3 Å². The number of hydrogen-bond donors (Lipinski definition) is 2. The summed E-state index contributed by atoms with van der Waals surface area (Å²) in [6.07, 6.45) is 1.67. The number of nitrogens with one attached hydrogen (secondary N) is 2. The summed E-state index contributed by atoms with van der Waals surface area (Å²) in [4.78, 5) is 52.2. The fourth-order valence-electron chi connectivity index (χ4n) is 4.43. The van der Waals surface area contributed by atoms with Crippen LogP contribution in [0.1, 0.15) is 57.2 Å². The van der Waals surface area contributed by atoms with Crippen molar-refractivity contribution in [2.75, 3.05) is 22.1 Å². The number of anilines is 3. The van der Waals surface area contributed by atoms with Crippen molar-refractivity contribution in [2.45, 2.75) is 40.5 Å². The molecule has 8 nitrogen and oxygen atoms in total. The molecule has 1 heterocycles. The second-order valence-electron chi connectivity index (χ2n) is 9.60. The lowest BCUT2D eigenvalue weighted by Gasteiger charge is -2.16. The predicted molar refractivity (Wildman–Crippen MR) is 156 cm³/mol. The van der Waals surface area contributed by atoms with Crippen LogP contribution in [0.5, 0.6) is 0 Å². The van der Waals surface area contributed by atoms with Crippen molar-refractivity contribution < 1.29 is 23.9 Å². The molecule has 0 saturated carbocycles. The minimum absolute atomic E-state index is 0.113. The molecule has 4 rings (SSSR count). The van der Waals surface area contributed by atoms with E-state index < -0.39 is 17.8 Å². The van der Waals surface area contributed by atoms with Gasteiger partial charge in [0.2, 0.25) is 0 Å². The number of carbonyl (C=O) groups excluding carboxylic acids is 4. The molecule has 1 aliphatic rings. The van der Waals surface area contributed by atoms with Crippen LogP contribution < -0.4 is 15.5 Å². The lowest BCUT2D eigenvalue weighted by atomic mass is 10.0. The van der Waals surface area contributed by atoms with Gasteiger partial charge in [-0.2, -0.15) is 0 Å². The first-order chi connectivity index (χ1) is 19.1. The van der Waals surface area contributed by atoms with Crippen molar-refractivity contribution in [3.05, 3.63) is 99.2 Å². The SMILES string of the molecule is CCCCOC(=O)c1ccc(N2C(=O)C(Cl)=C(Nc3cccc(C(=O)Nc4c(C)cc(C)cc4C)c3)C2=O)cc1. The Kier molecular flexibility index (Phi) is 8.70. The number of nitrogens with zero attached hydrogens (tertiary/aromatic N) is 1. The van der Waals surface area contributed by atoms with Crippen molar-refractivity contribution in [2.24, 2.45) is 0 Å². The minimum atomic E-state index is -0.702. The van der Waals surface area contributed by atoms with E-state index in [-0.39, 0.29) is 22.3 Å². The predicted octanol–water partition coefficient (Wildman–Crippen LogP) is 6.26. The van der Waals surface area contributed by atoms with Gasteiger partial charge in [-0.25, -0.2) is 9.69 Å². The van der Waals surface area contributed by atoms with Gasteiger partial charge in [0.05, 0.1) is 17.9 Å². The third-order valence-electron chi connectivity index (χ3n) is 6.43. The van der Waals surface area contributed by atoms with E-state index in [1.165, 1.54) is 24.3 Å². The number of unbranched alkanes of at least 4 members (excludes halogenated alkanes) is 1. The van der Waals surface area contributed by atoms with E-state index in [0.717, 1.165) is 40.1 Å². The molecule has 0 atom stereocenters. The Morgan fingerprint density at radius 1 is 0.900 bits per heavy atom. The lowest BCUT2D eigenvalue weighted by molar-refractivity contribution is -0.120. The van der Waals surface area contributed by atoms with E-state index >= 15 is 0 Å². The molecule has 0 spiro atoms. The van der Waals surface area contributed by atoms with Crippen molar-refractivity contribution in [1.82, 2.24) is 0 Å². The highest BCUT2D eigenvalue weighted by molar-refractivity contribution is 6.53. The first-order valence-corrected chi connectivity index (χ1v) is 13.3. The Balaban J connectivity index is 1.48. The monoisotopic (exact) mass is 559 g/mol. The molecule has 0 bridgehead atoms. The van der Waals surface area contributed by atoms with Crippen LogP contribution in [-0.2, 0) is 14.3 Å². The number of rotatable bonds is 9. The van der Waals surface area contributed by atoms with Crippen molar-refractivity contribution in [3.63, 3.8) is 0 Å². The molecule has 0 aromatic heterocycles. The topological polar surface area (TPSA) is 105 Å². The molecule has 0 aliphatic carbocycles. The van der Waals surface area contributed by atoms with Crippen LogP contribution in [-0.4, -0.2) is 30.3 Å². The summed E-state index contributed by atoms with van der Waals surface area (Å²) in [7, 11) is 0. The summed E-state index contributed by atoms with van der Waals surface area (Å²) in [6, 6.07) is 16.5. The standard InChI is InChI=1S/C31H30ClN3O5/c1-5-6-14-40-31(39)21-10-12-24(13-11-21)35-29(37)25(32)27(30(35)38)33-23-9-7-8-22(17-23)28(36)34-26-19(3)15-18(2)16-20(26)4/h7-13,15-17,33H,5-6,14H2,1-4H3,(H,34,36). The number of carbonyl (C=O) groups is 4. The number of ether oxygens (including phenoxy) is 1. The van der Waals surface area contributed by atoms with Crippen LogP contribution in [0.2, 0.25) is 0 Å². The van der Waals surface area contributed by atoms with Gasteiger partial charge in [0, 0.05) is 16.9 Å². The maximum absolute atomic E-state index is 13.2. The number of imide groups is 1. The van der Waals surface area contributed by atoms with Gasteiger partial charge >= 0.3 is 5.97 Å². The van der Waals surface area contributed by atoms with E-state index in [0.29, 0.717) is 23.4 Å². The van der Waals surface area contributed by atoms with Crippen molar-refractivity contribution >= 4 is 52.4 Å². The quantitative estimate of drug-likeness (QED) is 0.182. The average molecular weight is 560 g/mol. The summed E-state index contributed by atoms with van der Waals surface area (Å²) in [6.45, 7) is 8.18. The number of amides is 3. The fraction of sp³-hybridized carbons (Fsp3) is 0.226. The highest BCUT2D eigenvalue weighted by atomic mass is 35.5. The summed E-state index contributed by atoms with van der Waals surface area (Å²) in [5, 5.41) is 5.57. The summed E-state index contributed by atoms with van der Waals surface area (Å²) < 4.78 is 5.20. The summed E-state index contributed by atoms with van der Waals surface area (Å²) in [5.41, 5.74) is 4.97. The zero-order chi connectivity index (χ0) is 29.0. The average Bonchev–Trinajstić information content (AvgIpc) is 3.13. The van der Waals surface area contributed by atoms with E-state index in [1.54, 1.807) is 24.3 Å². The lowest BCUT2D eigenvalue weighted by Crippen LogP contribution is -2.32. The number of benzene rings is 3. The second-order valence-corrected chi connectivity index (χ2v) is 9.98. The Labute approximate surface area is 238 Å². The number of esters is 1. The zero-order valence-corrected chi connectivity index (χ0v) is 23.5. The van der Waals surface area contributed by atoms with Crippen LogP contribution in [0, 0.1) is 20.8 Å². The maximum atomic E-state index is 13.2. The van der Waals surface area contributed by atoms with Crippen molar-refractivity contribution in [1.29, 1.82) is 0 Å². The highest BCUT2D eigenvalue weighted by Crippen LogP contribution is 2.31. The first-order valence-electron chi connectivity index (χ1n) is 12.9. The fourth-order valence-corrected chi connectivity index (χ4v) is 4.64. The van der Waals surface area contributed by atoms with Gasteiger partial charge in [-0.05, 0) is 80.8 Å². The molecule has 1 aliphatic heterocycles. The van der Waals surface area contributed by atoms with Gasteiger partial charge in [-0.15, -0.1) is 0 Å². The number of aryl methyl sites for hydroxylation is 3. The Hall–Kier alpha value is -4.43. The van der Waals surface area contributed by atoms with Crippen molar-refractivity contribution in [3.8, 4) is 0 Å². The Morgan fingerprint density at radius 3 is 2.23 bits per heavy atom. The van der Waals surface area contributed by atoms with Gasteiger partial charge in [0.15, 0.2) is 0 Å². The largest absolute Gasteiger partial charge is 0.462 e. The molecule has 3 aromatic carbocycles. The van der Waals surface area contributed by atoms with Crippen LogP contribution in [0.3, 0.4) is 0 Å². The molecule has 2 N–H and O–H groups in total. The molecular weight excluding hydrogens is 530 g/mol. The smallest absolute Gasteiger partial charge is 0.338 e. The van der Waals surface area contributed by atoms with E-state index in [1.807, 2.05) is 39.8 Å². The molecule has 0 radical (unpaired) electrons. The summed E-state index contributed by atoms with van der Waals surface area (Å²) in [5.74, 6) is -2.16. The molecule has 0 unspecified atom stereocenters. The maximum Gasteiger partial charge on any atom is 0.338 e. The third kappa shape index (κ3) is 6.07. The molecular formula is C31H30ClN3O5. The Bertz CT molecular complexity index is 1510. The molecule has 3 amide bonds. The number of halogens is 1. The summed E-state index contributed by atoms with van der Waals surface area (Å²) >= 11 is 6.28. The molecule has 206 valence electrons. The molecule has 3 aromatic rings. The van der Waals surface area contributed by atoms with Crippen LogP contribution in [0.25, 0.3) is 0 Å². The van der Waals surface area contributed by atoms with Gasteiger partial charge < -0.3 is 15.4 Å². The minimum Gasteiger partial charge on any atom is -0.462 e. The van der Waals surface area contributed by atoms with Gasteiger partial charge in [-0.1, -0.05) is 48.7 Å². The normalized spacial score (nSPS) is 13.1. The third-order valence-corrected chi connectivity index (χ3v) is 6.78. The van der Waals surface area contributed by atoms with Crippen LogP contribution >= 0.6 is 11.6 Å². The van der Waals surface area contributed by atoms with E-state index in [2.05, 4.69) is 10.6 Å². The van der Waals surface area contributed by atoms with Gasteiger partial charge in [0.25, 0.3) is 17.7 Å². The van der Waals surface area contributed by atoms with E-state index in [9.17, 15) is 19.2 Å². The Morgan fingerprint density at radius 2 is 1.57 bits per heavy atom. The molecule has 40 heavy (non-hydrogen) atoms. The molecule has 0 fully saturated rings. The second kappa shape index (κ2) is 12.2. The number of hydrogen-bond acceptors (Lipinski definition) is 6.